The van der Waals surface area contributed by atoms with E-state index in [1.54, 1.807) is 38.3 Å². The maximum absolute atomic E-state index is 12.2. The van der Waals surface area contributed by atoms with Crippen LogP contribution in [0.2, 0.25) is 0 Å². The molecule has 1 heterocycles. The first kappa shape index (κ1) is 21.0. The lowest BCUT2D eigenvalue weighted by molar-refractivity contribution is -0.121. The molecule has 8 nitrogen and oxygen atoms in total. The third-order valence-electron chi connectivity index (χ3n) is 3.71. The first-order chi connectivity index (χ1) is 12.6. The fourth-order valence-corrected chi connectivity index (χ4v) is 3.48. The summed E-state index contributed by atoms with van der Waals surface area (Å²) in [7, 11) is -3.81. The SMILES string of the molecule is CC(C)C(=O)Nc1nc(CC(=O)NC(C)c2cccc(S(N)(=O)=O)c2)cs1. The average molecular weight is 411 g/mol. The summed E-state index contributed by atoms with van der Waals surface area (Å²) in [5, 5.41) is 12.8. The Morgan fingerprint density at radius 2 is 1.96 bits per heavy atom. The van der Waals surface area contributed by atoms with Crippen LogP contribution in [0, 0.1) is 5.92 Å². The van der Waals surface area contributed by atoms with Crippen molar-refractivity contribution in [3.63, 3.8) is 0 Å². The zero-order valence-electron chi connectivity index (χ0n) is 15.2. The van der Waals surface area contributed by atoms with Crippen LogP contribution in [0.1, 0.15) is 38.1 Å². The molecule has 0 saturated carbocycles. The molecule has 0 saturated heterocycles. The summed E-state index contributed by atoms with van der Waals surface area (Å²) in [6.07, 6.45) is 0.0489. The van der Waals surface area contributed by atoms with E-state index in [1.165, 1.54) is 23.5 Å². The molecule has 1 atom stereocenters. The smallest absolute Gasteiger partial charge is 0.238 e. The summed E-state index contributed by atoms with van der Waals surface area (Å²) < 4.78 is 22.9. The van der Waals surface area contributed by atoms with Gasteiger partial charge in [-0.3, -0.25) is 9.59 Å². The molecular weight excluding hydrogens is 388 g/mol. The van der Waals surface area contributed by atoms with E-state index < -0.39 is 16.1 Å². The number of amides is 2. The minimum absolute atomic E-state index is 0.00821. The molecule has 10 heteroatoms. The number of nitrogens with zero attached hydrogens (tertiary/aromatic N) is 1. The minimum Gasteiger partial charge on any atom is -0.349 e. The highest BCUT2D eigenvalue weighted by atomic mass is 32.2. The van der Waals surface area contributed by atoms with Crippen molar-refractivity contribution in [1.29, 1.82) is 0 Å². The van der Waals surface area contributed by atoms with E-state index in [0.29, 0.717) is 16.4 Å². The molecule has 2 amide bonds. The summed E-state index contributed by atoms with van der Waals surface area (Å²) in [4.78, 5) is 28.1. The standard InChI is InChI=1S/C17H22N4O4S2/c1-10(2)16(23)21-17-20-13(9-26-17)8-15(22)19-11(3)12-5-4-6-14(7-12)27(18,24)25/h4-7,9-11H,8H2,1-3H3,(H,19,22)(H2,18,24,25)(H,20,21,23). The number of hydrogen-bond acceptors (Lipinski definition) is 6. The molecule has 0 fully saturated rings. The van der Waals surface area contributed by atoms with Crippen LogP contribution in [-0.2, 0) is 26.0 Å². The highest BCUT2D eigenvalue weighted by Crippen LogP contribution is 2.19. The molecule has 4 N–H and O–H groups in total. The van der Waals surface area contributed by atoms with Gasteiger partial charge in [0.25, 0.3) is 0 Å². The van der Waals surface area contributed by atoms with Crippen LogP contribution in [0.5, 0.6) is 0 Å². The Hall–Kier alpha value is -2.30. The molecule has 0 aliphatic heterocycles. The molecule has 2 rings (SSSR count). The zero-order valence-corrected chi connectivity index (χ0v) is 16.9. The van der Waals surface area contributed by atoms with Crippen LogP contribution in [0.4, 0.5) is 5.13 Å². The third-order valence-corrected chi connectivity index (χ3v) is 5.43. The van der Waals surface area contributed by atoms with Crippen LogP contribution < -0.4 is 15.8 Å². The Bertz CT molecular complexity index is 938. The molecule has 0 aliphatic carbocycles. The molecule has 0 spiro atoms. The van der Waals surface area contributed by atoms with Crippen molar-refractivity contribution in [2.75, 3.05) is 5.32 Å². The molecule has 2 aromatic rings. The van der Waals surface area contributed by atoms with Crippen molar-refractivity contribution in [3.05, 3.63) is 40.9 Å². The number of carbonyl (C=O) groups is 2. The fraction of sp³-hybridized carbons (Fsp3) is 0.353. The first-order valence-electron chi connectivity index (χ1n) is 8.23. The number of benzene rings is 1. The van der Waals surface area contributed by atoms with Crippen molar-refractivity contribution < 1.29 is 18.0 Å². The number of primary sulfonamides is 1. The van der Waals surface area contributed by atoms with Gasteiger partial charge in [0.2, 0.25) is 21.8 Å². The van der Waals surface area contributed by atoms with Gasteiger partial charge in [-0.15, -0.1) is 11.3 Å². The monoisotopic (exact) mass is 410 g/mol. The van der Waals surface area contributed by atoms with E-state index in [9.17, 15) is 18.0 Å². The van der Waals surface area contributed by atoms with Crippen LogP contribution in [0.15, 0.2) is 34.5 Å². The molecule has 1 aromatic heterocycles. The largest absolute Gasteiger partial charge is 0.349 e. The summed E-state index contributed by atoms with van der Waals surface area (Å²) in [5.41, 5.74) is 1.17. The quantitative estimate of drug-likeness (QED) is 0.640. The highest BCUT2D eigenvalue weighted by molar-refractivity contribution is 7.89. The molecule has 146 valence electrons. The van der Waals surface area contributed by atoms with Gasteiger partial charge in [-0.1, -0.05) is 26.0 Å². The summed E-state index contributed by atoms with van der Waals surface area (Å²) >= 11 is 1.25. The number of nitrogens with two attached hydrogens (primary N) is 1. The van der Waals surface area contributed by atoms with Gasteiger partial charge in [-0.05, 0) is 24.6 Å². The van der Waals surface area contributed by atoms with E-state index in [2.05, 4.69) is 15.6 Å². The second kappa shape index (κ2) is 8.59. The van der Waals surface area contributed by atoms with E-state index in [4.69, 9.17) is 5.14 Å². The number of thiazole rings is 1. The van der Waals surface area contributed by atoms with Crippen molar-refractivity contribution >= 4 is 38.3 Å². The van der Waals surface area contributed by atoms with E-state index in [1.807, 2.05) is 0 Å². The molecule has 0 bridgehead atoms. The van der Waals surface area contributed by atoms with Gasteiger partial charge in [-0.25, -0.2) is 18.5 Å². The normalized spacial score (nSPS) is 12.6. The first-order valence-corrected chi connectivity index (χ1v) is 10.7. The Labute approximate surface area is 162 Å². The summed E-state index contributed by atoms with van der Waals surface area (Å²) in [5.74, 6) is -0.561. The number of anilines is 1. The van der Waals surface area contributed by atoms with Crippen LogP contribution in [0.25, 0.3) is 0 Å². The Balaban J connectivity index is 1.98. The van der Waals surface area contributed by atoms with Gasteiger partial charge in [0.05, 0.1) is 23.1 Å². The van der Waals surface area contributed by atoms with Gasteiger partial charge in [0.15, 0.2) is 5.13 Å². The van der Waals surface area contributed by atoms with Crippen molar-refractivity contribution in [2.24, 2.45) is 11.1 Å². The Kier molecular flexibility index (Phi) is 6.68. The minimum atomic E-state index is -3.81. The Morgan fingerprint density at radius 3 is 2.59 bits per heavy atom. The van der Waals surface area contributed by atoms with Gasteiger partial charge < -0.3 is 10.6 Å². The lowest BCUT2D eigenvalue weighted by Crippen LogP contribution is -2.28. The maximum Gasteiger partial charge on any atom is 0.238 e. The lowest BCUT2D eigenvalue weighted by atomic mass is 10.1. The van der Waals surface area contributed by atoms with E-state index in [0.717, 1.165) is 0 Å². The molecule has 27 heavy (non-hydrogen) atoms. The van der Waals surface area contributed by atoms with Crippen LogP contribution in [0.3, 0.4) is 0 Å². The van der Waals surface area contributed by atoms with Crippen molar-refractivity contribution in [2.45, 2.75) is 38.1 Å². The second-order valence-corrected chi connectivity index (χ2v) is 8.79. The number of nitrogens with one attached hydrogen (secondary N) is 2. The van der Waals surface area contributed by atoms with Crippen molar-refractivity contribution in [3.8, 4) is 0 Å². The maximum atomic E-state index is 12.2. The predicted octanol–water partition coefficient (Wildman–Crippen LogP) is 1.80. The molecular formula is C17H22N4O4S2. The summed E-state index contributed by atoms with van der Waals surface area (Å²) in [6, 6.07) is 5.71. The fourth-order valence-electron chi connectivity index (χ4n) is 2.20. The van der Waals surface area contributed by atoms with Gasteiger partial charge in [0, 0.05) is 11.3 Å². The van der Waals surface area contributed by atoms with Crippen LogP contribution in [-0.4, -0.2) is 25.2 Å². The Morgan fingerprint density at radius 1 is 1.26 bits per heavy atom. The number of hydrogen-bond donors (Lipinski definition) is 3. The van der Waals surface area contributed by atoms with E-state index >= 15 is 0 Å². The number of sulfonamides is 1. The zero-order chi connectivity index (χ0) is 20.2. The number of rotatable bonds is 7. The molecule has 1 unspecified atom stereocenters. The van der Waals surface area contributed by atoms with Crippen LogP contribution >= 0.6 is 11.3 Å². The number of carbonyl (C=O) groups excluding carboxylic acids is 2. The van der Waals surface area contributed by atoms with Gasteiger partial charge >= 0.3 is 0 Å². The van der Waals surface area contributed by atoms with Crippen molar-refractivity contribution in [1.82, 2.24) is 10.3 Å². The molecule has 0 radical (unpaired) electrons. The highest BCUT2D eigenvalue weighted by Gasteiger charge is 2.15. The molecule has 0 aliphatic rings. The second-order valence-electron chi connectivity index (χ2n) is 6.37. The molecule has 1 aromatic carbocycles. The van der Waals surface area contributed by atoms with E-state index in [-0.39, 0.29) is 29.0 Å². The van der Waals surface area contributed by atoms with Gasteiger partial charge in [-0.2, -0.15) is 0 Å². The topological polar surface area (TPSA) is 131 Å². The summed E-state index contributed by atoms with van der Waals surface area (Å²) in [6.45, 7) is 5.31. The average Bonchev–Trinajstić information content (AvgIpc) is 3.00. The lowest BCUT2D eigenvalue weighted by Gasteiger charge is -2.14. The van der Waals surface area contributed by atoms with Gasteiger partial charge in [0.1, 0.15) is 0 Å². The number of aromatic nitrogens is 1. The predicted molar refractivity (Wildman–Crippen MR) is 104 cm³/mol. The third kappa shape index (κ3) is 6.12.